The highest BCUT2D eigenvalue weighted by atomic mass is 35.5. The average Bonchev–Trinajstić information content (AvgIpc) is 3.03. The molecule has 0 atom stereocenters. The maximum atomic E-state index is 12.5. The third-order valence-electron chi connectivity index (χ3n) is 5.52. The van der Waals surface area contributed by atoms with Gasteiger partial charge in [0, 0.05) is 56.4 Å². The Morgan fingerprint density at radius 1 is 1.07 bits per heavy atom. The molecule has 7 nitrogen and oxygen atoms in total. The number of fused-ring (bicyclic) bond motifs is 1. The molecule has 8 heteroatoms. The number of carbonyl (C=O) groups excluding carboxylic acids is 2. The molecule has 1 aliphatic heterocycles. The van der Waals surface area contributed by atoms with Crippen molar-refractivity contribution in [2.75, 3.05) is 31.5 Å². The largest absolute Gasteiger partial charge is 0.340 e. The first-order valence-electron chi connectivity index (χ1n) is 9.91. The van der Waals surface area contributed by atoms with Gasteiger partial charge in [0.2, 0.25) is 5.91 Å². The Balaban J connectivity index is 1.47. The molecular formula is C22H24ClN5O2. The number of carbonyl (C=O) groups is 2. The lowest BCUT2D eigenvalue weighted by molar-refractivity contribution is -0.130. The summed E-state index contributed by atoms with van der Waals surface area (Å²) in [5.41, 5.74) is 3.09. The van der Waals surface area contributed by atoms with Gasteiger partial charge < -0.3 is 14.8 Å². The van der Waals surface area contributed by atoms with E-state index in [1.807, 2.05) is 30.1 Å². The van der Waals surface area contributed by atoms with Gasteiger partial charge in [-0.05, 0) is 42.5 Å². The van der Waals surface area contributed by atoms with Crippen molar-refractivity contribution in [1.82, 2.24) is 19.4 Å². The second kappa shape index (κ2) is 8.45. The summed E-state index contributed by atoms with van der Waals surface area (Å²) in [6.45, 7) is 5.52. The number of nitrogens with zero attached hydrogens (tertiary/aromatic N) is 4. The van der Waals surface area contributed by atoms with Gasteiger partial charge in [0.25, 0.3) is 5.91 Å². The smallest absolute Gasteiger partial charge is 0.255 e. The molecule has 30 heavy (non-hydrogen) atoms. The molecule has 0 radical (unpaired) electrons. The van der Waals surface area contributed by atoms with E-state index in [1.54, 1.807) is 31.2 Å². The zero-order chi connectivity index (χ0) is 21.3. The number of hydrogen-bond donors (Lipinski definition) is 1. The van der Waals surface area contributed by atoms with Crippen LogP contribution in [-0.4, -0.2) is 57.3 Å². The third-order valence-corrected chi connectivity index (χ3v) is 5.77. The van der Waals surface area contributed by atoms with Crippen molar-refractivity contribution in [3.8, 4) is 0 Å². The van der Waals surface area contributed by atoms with Gasteiger partial charge in [0.05, 0.1) is 17.6 Å². The fraction of sp³-hybridized carbons (Fsp3) is 0.318. The Labute approximate surface area is 180 Å². The van der Waals surface area contributed by atoms with Gasteiger partial charge in [-0.1, -0.05) is 11.6 Å². The molecule has 156 valence electrons. The topological polar surface area (TPSA) is 70.5 Å². The van der Waals surface area contributed by atoms with Gasteiger partial charge in [-0.25, -0.2) is 4.98 Å². The standard InChI is InChI=1S/C22H24ClN5O2/c1-15(29)28-11-9-27(10-12-28)14-21-25-19-13-18(7-8-20(19)26(21)2)24-22(30)16-3-5-17(23)6-4-16/h3-8,13H,9-12,14H2,1-2H3,(H,24,30). The van der Waals surface area contributed by atoms with Crippen LogP contribution in [0.2, 0.25) is 5.02 Å². The van der Waals surface area contributed by atoms with E-state index in [2.05, 4.69) is 14.8 Å². The predicted octanol–water partition coefficient (Wildman–Crippen LogP) is 3.14. The van der Waals surface area contributed by atoms with E-state index >= 15 is 0 Å². The predicted molar refractivity (Wildman–Crippen MR) is 118 cm³/mol. The molecule has 0 spiro atoms. The number of rotatable bonds is 4. The van der Waals surface area contributed by atoms with Crippen LogP contribution < -0.4 is 5.32 Å². The van der Waals surface area contributed by atoms with Gasteiger partial charge in [-0.3, -0.25) is 14.5 Å². The summed E-state index contributed by atoms with van der Waals surface area (Å²) in [5.74, 6) is 0.901. The summed E-state index contributed by atoms with van der Waals surface area (Å²) < 4.78 is 2.08. The monoisotopic (exact) mass is 425 g/mol. The fourth-order valence-corrected chi connectivity index (χ4v) is 3.82. The van der Waals surface area contributed by atoms with Crippen LogP contribution in [0.15, 0.2) is 42.5 Å². The fourth-order valence-electron chi connectivity index (χ4n) is 3.69. The number of imidazole rings is 1. The molecule has 2 heterocycles. The number of benzene rings is 2. The minimum atomic E-state index is -0.189. The molecule has 1 N–H and O–H groups in total. The Morgan fingerprint density at radius 2 is 1.77 bits per heavy atom. The van der Waals surface area contributed by atoms with Crippen molar-refractivity contribution in [2.24, 2.45) is 7.05 Å². The third kappa shape index (κ3) is 4.32. The molecule has 1 aliphatic rings. The van der Waals surface area contributed by atoms with E-state index in [0.717, 1.165) is 49.6 Å². The highest BCUT2D eigenvalue weighted by Crippen LogP contribution is 2.21. The van der Waals surface area contributed by atoms with Crippen molar-refractivity contribution in [2.45, 2.75) is 13.5 Å². The number of amides is 2. The molecule has 0 saturated carbocycles. The lowest BCUT2D eigenvalue weighted by Gasteiger charge is -2.33. The van der Waals surface area contributed by atoms with Crippen LogP contribution in [-0.2, 0) is 18.4 Å². The van der Waals surface area contributed by atoms with E-state index < -0.39 is 0 Å². The number of nitrogens with one attached hydrogen (secondary N) is 1. The Hall–Kier alpha value is -2.90. The molecular weight excluding hydrogens is 402 g/mol. The van der Waals surface area contributed by atoms with Gasteiger partial charge in [0.1, 0.15) is 5.82 Å². The zero-order valence-corrected chi connectivity index (χ0v) is 17.8. The lowest BCUT2D eigenvalue weighted by atomic mass is 10.2. The normalized spacial score (nSPS) is 14.8. The number of aromatic nitrogens is 2. The number of aryl methyl sites for hydroxylation is 1. The van der Waals surface area contributed by atoms with Crippen LogP contribution in [0.3, 0.4) is 0 Å². The first-order chi connectivity index (χ1) is 14.4. The van der Waals surface area contributed by atoms with Gasteiger partial charge in [0.15, 0.2) is 0 Å². The van der Waals surface area contributed by atoms with Crippen LogP contribution in [0.1, 0.15) is 23.1 Å². The van der Waals surface area contributed by atoms with Crippen molar-refractivity contribution in [1.29, 1.82) is 0 Å². The van der Waals surface area contributed by atoms with Gasteiger partial charge >= 0.3 is 0 Å². The number of hydrogen-bond acceptors (Lipinski definition) is 4. The molecule has 0 aliphatic carbocycles. The summed E-state index contributed by atoms with van der Waals surface area (Å²) in [4.78, 5) is 32.9. The Morgan fingerprint density at radius 3 is 2.43 bits per heavy atom. The molecule has 3 aromatic rings. The van der Waals surface area contributed by atoms with Crippen LogP contribution in [0.5, 0.6) is 0 Å². The van der Waals surface area contributed by atoms with E-state index in [9.17, 15) is 9.59 Å². The second-order valence-electron chi connectivity index (χ2n) is 7.53. The Kier molecular flexibility index (Phi) is 5.74. The van der Waals surface area contributed by atoms with Crippen molar-refractivity contribution >= 4 is 40.1 Å². The van der Waals surface area contributed by atoms with Crippen molar-refractivity contribution in [3.63, 3.8) is 0 Å². The molecule has 2 amide bonds. The number of piperazine rings is 1. The quantitative estimate of drug-likeness (QED) is 0.697. The van der Waals surface area contributed by atoms with Crippen LogP contribution in [0, 0.1) is 0 Å². The number of halogens is 1. The highest BCUT2D eigenvalue weighted by molar-refractivity contribution is 6.30. The van der Waals surface area contributed by atoms with Gasteiger partial charge in [-0.15, -0.1) is 0 Å². The number of anilines is 1. The molecule has 0 unspecified atom stereocenters. The maximum Gasteiger partial charge on any atom is 0.255 e. The summed E-state index contributed by atoms with van der Waals surface area (Å²) in [6.07, 6.45) is 0. The van der Waals surface area contributed by atoms with Crippen molar-refractivity contribution < 1.29 is 9.59 Å². The van der Waals surface area contributed by atoms with Crippen molar-refractivity contribution in [3.05, 3.63) is 58.9 Å². The first kappa shape index (κ1) is 20.4. The minimum Gasteiger partial charge on any atom is -0.340 e. The van der Waals surface area contributed by atoms with Crippen LogP contribution in [0.4, 0.5) is 5.69 Å². The van der Waals surface area contributed by atoms with E-state index in [0.29, 0.717) is 16.3 Å². The van der Waals surface area contributed by atoms with E-state index in [1.165, 1.54) is 0 Å². The molecule has 1 saturated heterocycles. The molecule has 0 bridgehead atoms. The summed E-state index contributed by atoms with van der Waals surface area (Å²) >= 11 is 5.89. The molecule has 2 aromatic carbocycles. The first-order valence-corrected chi connectivity index (χ1v) is 10.3. The summed E-state index contributed by atoms with van der Waals surface area (Å²) in [7, 11) is 2.00. The summed E-state index contributed by atoms with van der Waals surface area (Å²) in [5, 5.41) is 3.51. The molecule has 1 aromatic heterocycles. The molecule has 1 fully saturated rings. The Bertz CT molecular complexity index is 1080. The lowest BCUT2D eigenvalue weighted by Crippen LogP contribution is -2.47. The van der Waals surface area contributed by atoms with Crippen LogP contribution in [0.25, 0.3) is 11.0 Å². The average molecular weight is 426 g/mol. The minimum absolute atomic E-state index is 0.130. The molecule has 4 rings (SSSR count). The SMILES string of the molecule is CC(=O)N1CCN(Cc2nc3cc(NC(=O)c4ccc(Cl)cc4)ccc3n2C)CC1. The summed E-state index contributed by atoms with van der Waals surface area (Å²) in [6, 6.07) is 12.5. The maximum absolute atomic E-state index is 12.5. The highest BCUT2D eigenvalue weighted by Gasteiger charge is 2.20. The van der Waals surface area contributed by atoms with Crippen LogP contribution >= 0.6 is 11.6 Å². The van der Waals surface area contributed by atoms with Gasteiger partial charge in [-0.2, -0.15) is 0 Å². The zero-order valence-electron chi connectivity index (χ0n) is 17.1. The second-order valence-corrected chi connectivity index (χ2v) is 7.97. The van der Waals surface area contributed by atoms with E-state index in [4.69, 9.17) is 16.6 Å². The van der Waals surface area contributed by atoms with E-state index in [-0.39, 0.29) is 11.8 Å².